The van der Waals surface area contributed by atoms with Crippen LogP contribution in [0.15, 0.2) is 71.5 Å². The van der Waals surface area contributed by atoms with Crippen LogP contribution in [0, 0.1) is 0 Å². The van der Waals surface area contributed by atoms with Crippen molar-refractivity contribution < 1.29 is 0 Å². The molecule has 2 heterocycles. The third-order valence-corrected chi connectivity index (χ3v) is 6.07. The fourth-order valence-electron chi connectivity index (χ4n) is 3.74. The van der Waals surface area contributed by atoms with Crippen LogP contribution in [0.5, 0.6) is 0 Å². The minimum absolute atomic E-state index is 0.146. The zero-order chi connectivity index (χ0) is 18.4. The van der Waals surface area contributed by atoms with E-state index >= 15 is 0 Å². The standard InChI is InChI=1S/C22H19BrN4/c23-19-13-25-27-14-18(15-5-2-1-3-6-15)20(26-21(19)27)16-7-9-17(10-8-16)22(24)11-4-12-22/h1-3,5-10,13-14H,4,11-12,24H2. The molecule has 0 radical (unpaired) electrons. The van der Waals surface area contributed by atoms with E-state index in [1.54, 1.807) is 6.20 Å². The number of hydrogen-bond acceptors (Lipinski definition) is 3. The van der Waals surface area contributed by atoms with E-state index in [0.717, 1.165) is 45.3 Å². The first-order valence-electron chi connectivity index (χ1n) is 9.13. The van der Waals surface area contributed by atoms with Gasteiger partial charge in [-0.3, -0.25) is 0 Å². The Morgan fingerprint density at radius 3 is 2.37 bits per heavy atom. The molecule has 1 fully saturated rings. The molecule has 0 amide bonds. The van der Waals surface area contributed by atoms with Crippen LogP contribution in [0.2, 0.25) is 0 Å². The third kappa shape index (κ3) is 2.78. The quantitative estimate of drug-likeness (QED) is 0.499. The summed E-state index contributed by atoms with van der Waals surface area (Å²) in [5, 5.41) is 4.40. The summed E-state index contributed by atoms with van der Waals surface area (Å²) in [6, 6.07) is 18.9. The minimum atomic E-state index is -0.146. The number of aromatic nitrogens is 3. The molecule has 134 valence electrons. The number of rotatable bonds is 3. The van der Waals surface area contributed by atoms with Gasteiger partial charge in [-0.25, -0.2) is 9.50 Å². The molecular formula is C22H19BrN4. The summed E-state index contributed by atoms with van der Waals surface area (Å²) in [5.41, 5.74) is 12.6. The van der Waals surface area contributed by atoms with Crippen molar-refractivity contribution in [3.63, 3.8) is 0 Å². The van der Waals surface area contributed by atoms with Gasteiger partial charge >= 0.3 is 0 Å². The molecule has 0 saturated heterocycles. The van der Waals surface area contributed by atoms with Crippen molar-refractivity contribution in [1.29, 1.82) is 0 Å². The second-order valence-electron chi connectivity index (χ2n) is 7.22. The van der Waals surface area contributed by atoms with Gasteiger partial charge in [0.05, 0.1) is 16.4 Å². The van der Waals surface area contributed by atoms with Gasteiger partial charge in [-0.1, -0.05) is 54.6 Å². The Morgan fingerprint density at radius 1 is 0.963 bits per heavy atom. The molecule has 0 atom stereocenters. The molecule has 0 bridgehead atoms. The Hall–Kier alpha value is -2.50. The summed E-state index contributed by atoms with van der Waals surface area (Å²) in [7, 11) is 0. The fourth-order valence-corrected chi connectivity index (χ4v) is 4.10. The van der Waals surface area contributed by atoms with Crippen molar-refractivity contribution in [2.24, 2.45) is 5.73 Å². The summed E-state index contributed by atoms with van der Waals surface area (Å²) in [5.74, 6) is 0. The van der Waals surface area contributed by atoms with Gasteiger partial charge in [0.25, 0.3) is 0 Å². The molecule has 2 aromatic heterocycles. The molecule has 2 N–H and O–H groups in total. The lowest BCUT2D eigenvalue weighted by Crippen LogP contribution is -2.43. The second kappa shape index (κ2) is 6.29. The molecule has 4 nitrogen and oxygen atoms in total. The molecule has 27 heavy (non-hydrogen) atoms. The van der Waals surface area contributed by atoms with E-state index in [0.29, 0.717) is 0 Å². The number of hydrogen-bond donors (Lipinski definition) is 1. The average Bonchev–Trinajstić information content (AvgIpc) is 3.06. The van der Waals surface area contributed by atoms with Gasteiger partial charge in [0, 0.05) is 22.9 Å². The lowest BCUT2D eigenvalue weighted by molar-refractivity contribution is 0.253. The van der Waals surface area contributed by atoms with Crippen LogP contribution in [0.25, 0.3) is 28.0 Å². The van der Waals surface area contributed by atoms with Crippen molar-refractivity contribution in [2.75, 3.05) is 0 Å². The molecule has 5 heteroatoms. The second-order valence-corrected chi connectivity index (χ2v) is 8.07. The van der Waals surface area contributed by atoms with Gasteiger partial charge in [0.1, 0.15) is 0 Å². The number of halogens is 1. The average molecular weight is 419 g/mol. The topological polar surface area (TPSA) is 56.2 Å². The van der Waals surface area contributed by atoms with Gasteiger partial charge in [-0.05, 0) is 46.3 Å². The van der Waals surface area contributed by atoms with E-state index in [9.17, 15) is 0 Å². The van der Waals surface area contributed by atoms with Crippen molar-refractivity contribution in [3.05, 3.63) is 77.0 Å². The number of nitrogens with two attached hydrogens (primary N) is 1. The van der Waals surface area contributed by atoms with Crippen molar-refractivity contribution in [3.8, 4) is 22.4 Å². The van der Waals surface area contributed by atoms with Crippen LogP contribution in [0.4, 0.5) is 0 Å². The van der Waals surface area contributed by atoms with Gasteiger partial charge in [-0.15, -0.1) is 0 Å². The fraction of sp³-hybridized carbons (Fsp3) is 0.182. The first-order chi connectivity index (χ1) is 13.1. The monoisotopic (exact) mass is 418 g/mol. The first kappa shape index (κ1) is 16.7. The normalized spacial score (nSPS) is 15.6. The van der Waals surface area contributed by atoms with Gasteiger partial charge in [0.15, 0.2) is 5.65 Å². The predicted octanol–water partition coefficient (Wildman–Crippen LogP) is 5.16. The van der Waals surface area contributed by atoms with Crippen LogP contribution in [-0.4, -0.2) is 14.6 Å². The highest BCUT2D eigenvalue weighted by Gasteiger charge is 2.34. The van der Waals surface area contributed by atoms with E-state index < -0.39 is 0 Å². The summed E-state index contributed by atoms with van der Waals surface area (Å²) >= 11 is 3.55. The van der Waals surface area contributed by atoms with Gasteiger partial charge in [-0.2, -0.15) is 5.10 Å². The predicted molar refractivity (Wildman–Crippen MR) is 111 cm³/mol. The highest BCUT2D eigenvalue weighted by atomic mass is 79.9. The van der Waals surface area contributed by atoms with Crippen molar-refractivity contribution in [2.45, 2.75) is 24.8 Å². The van der Waals surface area contributed by atoms with Crippen LogP contribution in [0.3, 0.4) is 0 Å². The maximum absolute atomic E-state index is 6.48. The maximum Gasteiger partial charge on any atom is 0.169 e. The lowest BCUT2D eigenvalue weighted by atomic mass is 9.72. The zero-order valence-electron chi connectivity index (χ0n) is 14.8. The summed E-state index contributed by atoms with van der Waals surface area (Å²) in [6.45, 7) is 0. The first-order valence-corrected chi connectivity index (χ1v) is 9.92. The van der Waals surface area contributed by atoms with Crippen LogP contribution < -0.4 is 5.73 Å². The van der Waals surface area contributed by atoms with Crippen LogP contribution in [-0.2, 0) is 5.54 Å². The molecule has 1 aliphatic rings. The van der Waals surface area contributed by atoms with Crippen molar-refractivity contribution >= 4 is 21.6 Å². The minimum Gasteiger partial charge on any atom is -0.321 e. The molecule has 0 aliphatic heterocycles. The maximum atomic E-state index is 6.48. The van der Waals surface area contributed by atoms with E-state index in [1.807, 2.05) is 28.9 Å². The molecular weight excluding hydrogens is 400 g/mol. The Balaban J connectivity index is 1.68. The zero-order valence-corrected chi connectivity index (χ0v) is 16.4. The molecule has 4 aromatic rings. The van der Waals surface area contributed by atoms with E-state index in [1.165, 1.54) is 12.0 Å². The number of nitrogens with zero attached hydrogens (tertiary/aromatic N) is 3. The summed E-state index contributed by atoms with van der Waals surface area (Å²) in [4.78, 5) is 4.93. The number of fused-ring (bicyclic) bond motifs is 1. The Morgan fingerprint density at radius 2 is 1.70 bits per heavy atom. The molecule has 0 spiro atoms. The third-order valence-electron chi connectivity index (χ3n) is 5.51. The molecule has 1 aliphatic carbocycles. The highest BCUT2D eigenvalue weighted by molar-refractivity contribution is 9.10. The Labute approximate surface area is 166 Å². The number of benzene rings is 2. The van der Waals surface area contributed by atoms with Gasteiger partial charge in [0.2, 0.25) is 0 Å². The summed E-state index contributed by atoms with van der Waals surface area (Å²) in [6.07, 6.45) is 7.16. The molecule has 2 aromatic carbocycles. The van der Waals surface area contributed by atoms with Crippen LogP contribution in [0.1, 0.15) is 24.8 Å². The van der Waals surface area contributed by atoms with E-state index in [4.69, 9.17) is 10.7 Å². The smallest absolute Gasteiger partial charge is 0.169 e. The highest BCUT2D eigenvalue weighted by Crippen LogP contribution is 2.40. The van der Waals surface area contributed by atoms with E-state index in [2.05, 4.69) is 57.4 Å². The molecule has 5 rings (SSSR count). The van der Waals surface area contributed by atoms with Gasteiger partial charge < -0.3 is 5.73 Å². The SMILES string of the molecule is NC1(c2ccc(-c3nc4c(Br)cnn4cc3-c3ccccc3)cc2)CCC1. The molecule has 0 unspecified atom stereocenters. The van der Waals surface area contributed by atoms with E-state index in [-0.39, 0.29) is 5.54 Å². The lowest BCUT2D eigenvalue weighted by Gasteiger charge is -2.38. The Bertz CT molecular complexity index is 1110. The van der Waals surface area contributed by atoms with Crippen LogP contribution >= 0.6 is 15.9 Å². The largest absolute Gasteiger partial charge is 0.321 e. The summed E-state index contributed by atoms with van der Waals surface area (Å²) < 4.78 is 2.70. The van der Waals surface area contributed by atoms with Crippen molar-refractivity contribution in [1.82, 2.24) is 14.6 Å². The Kier molecular flexibility index (Phi) is 3.88. The molecule has 1 saturated carbocycles.